The van der Waals surface area contributed by atoms with Crippen molar-refractivity contribution >= 4 is 17.6 Å². The SMILES string of the molecule is CC1(C)Cc2cc(C(=O)/C(=C/c3ccccc3)n3cncn3)ccc2O1. The lowest BCUT2D eigenvalue weighted by atomic mass is 9.98. The van der Waals surface area contributed by atoms with Gasteiger partial charge in [0.05, 0.1) is 0 Å². The Morgan fingerprint density at radius 3 is 2.73 bits per heavy atom. The van der Waals surface area contributed by atoms with Gasteiger partial charge >= 0.3 is 0 Å². The van der Waals surface area contributed by atoms with E-state index in [0.717, 1.165) is 23.3 Å². The molecule has 5 nitrogen and oxygen atoms in total. The van der Waals surface area contributed by atoms with Crippen molar-refractivity contribution in [3.63, 3.8) is 0 Å². The molecule has 0 atom stereocenters. The maximum absolute atomic E-state index is 13.2. The Balaban J connectivity index is 1.74. The molecule has 2 heterocycles. The van der Waals surface area contributed by atoms with E-state index in [9.17, 15) is 4.79 Å². The van der Waals surface area contributed by atoms with Crippen molar-refractivity contribution in [1.29, 1.82) is 0 Å². The molecule has 0 aliphatic carbocycles. The van der Waals surface area contributed by atoms with E-state index in [-0.39, 0.29) is 11.4 Å². The molecule has 26 heavy (non-hydrogen) atoms. The van der Waals surface area contributed by atoms with E-state index in [4.69, 9.17) is 4.74 Å². The average Bonchev–Trinajstić information content (AvgIpc) is 3.25. The number of ketones is 1. The third-order valence-electron chi connectivity index (χ3n) is 4.33. The predicted octanol–water partition coefficient (Wildman–Crippen LogP) is 3.87. The van der Waals surface area contributed by atoms with E-state index in [0.29, 0.717) is 11.3 Å². The van der Waals surface area contributed by atoms with Gasteiger partial charge in [-0.25, -0.2) is 9.67 Å². The third kappa shape index (κ3) is 3.16. The molecule has 0 amide bonds. The van der Waals surface area contributed by atoms with Gasteiger partial charge in [0.15, 0.2) is 0 Å². The van der Waals surface area contributed by atoms with Crippen LogP contribution in [-0.4, -0.2) is 26.1 Å². The van der Waals surface area contributed by atoms with Gasteiger partial charge in [0, 0.05) is 12.0 Å². The molecule has 4 rings (SSSR count). The van der Waals surface area contributed by atoms with Crippen LogP contribution < -0.4 is 4.74 Å². The van der Waals surface area contributed by atoms with E-state index in [1.54, 1.807) is 6.07 Å². The molecule has 0 bridgehead atoms. The first-order valence-corrected chi connectivity index (χ1v) is 8.50. The van der Waals surface area contributed by atoms with Crippen LogP contribution in [0.5, 0.6) is 5.75 Å². The first-order chi connectivity index (χ1) is 12.5. The van der Waals surface area contributed by atoms with Crippen LogP contribution in [0.3, 0.4) is 0 Å². The topological polar surface area (TPSA) is 57.0 Å². The molecule has 0 fully saturated rings. The summed E-state index contributed by atoms with van der Waals surface area (Å²) in [4.78, 5) is 17.2. The van der Waals surface area contributed by atoms with Gasteiger partial charge < -0.3 is 4.74 Å². The number of ether oxygens (including phenoxy) is 1. The molecule has 5 heteroatoms. The van der Waals surface area contributed by atoms with Crippen molar-refractivity contribution in [3.05, 3.63) is 77.9 Å². The van der Waals surface area contributed by atoms with Crippen LogP contribution in [-0.2, 0) is 6.42 Å². The maximum Gasteiger partial charge on any atom is 0.211 e. The summed E-state index contributed by atoms with van der Waals surface area (Å²) in [6.45, 7) is 4.09. The van der Waals surface area contributed by atoms with Gasteiger partial charge in [-0.2, -0.15) is 5.10 Å². The highest BCUT2D eigenvalue weighted by molar-refractivity contribution is 6.27. The molecule has 1 aromatic heterocycles. The van der Waals surface area contributed by atoms with Gasteiger partial charge in [-0.3, -0.25) is 4.79 Å². The van der Waals surface area contributed by atoms with Crippen LogP contribution >= 0.6 is 0 Å². The lowest BCUT2D eigenvalue weighted by Crippen LogP contribution is -2.24. The minimum absolute atomic E-state index is 0.105. The summed E-state index contributed by atoms with van der Waals surface area (Å²) >= 11 is 0. The number of rotatable bonds is 4. The van der Waals surface area contributed by atoms with Crippen LogP contribution in [0, 0.1) is 0 Å². The Morgan fingerprint density at radius 1 is 1.19 bits per heavy atom. The first kappa shape index (κ1) is 16.3. The molecule has 0 unspecified atom stereocenters. The van der Waals surface area contributed by atoms with Crippen LogP contribution in [0.25, 0.3) is 11.8 Å². The molecule has 0 spiro atoms. The summed E-state index contributed by atoms with van der Waals surface area (Å²) in [6.07, 6.45) is 5.56. The highest BCUT2D eigenvalue weighted by atomic mass is 16.5. The van der Waals surface area contributed by atoms with Gasteiger partial charge in [0.1, 0.15) is 29.7 Å². The zero-order valence-corrected chi connectivity index (χ0v) is 14.7. The van der Waals surface area contributed by atoms with Gasteiger partial charge in [-0.15, -0.1) is 0 Å². The summed E-state index contributed by atoms with van der Waals surface area (Å²) in [5, 5.41) is 4.15. The number of fused-ring (bicyclic) bond motifs is 1. The smallest absolute Gasteiger partial charge is 0.211 e. The van der Waals surface area contributed by atoms with E-state index in [2.05, 4.69) is 10.1 Å². The Hall–Kier alpha value is -3.21. The van der Waals surface area contributed by atoms with Gasteiger partial charge in [0.2, 0.25) is 5.78 Å². The second kappa shape index (κ2) is 6.26. The normalized spacial score (nSPS) is 15.4. The Labute approximate surface area is 152 Å². The second-order valence-electron chi connectivity index (χ2n) is 6.97. The number of benzene rings is 2. The zero-order valence-electron chi connectivity index (χ0n) is 14.7. The molecule has 1 aliphatic heterocycles. The van der Waals surface area contributed by atoms with Crippen LogP contribution in [0.1, 0.15) is 35.3 Å². The zero-order chi connectivity index (χ0) is 18.1. The van der Waals surface area contributed by atoms with Crippen molar-refractivity contribution in [1.82, 2.24) is 14.8 Å². The minimum atomic E-state index is -0.237. The molecule has 1 aliphatic rings. The van der Waals surface area contributed by atoms with E-state index < -0.39 is 0 Å². The number of hydrogen-bond donors (Lipinski definition) is 0. The lowest BCUT2D eigenvalue weighted by molar-refractivity contribution is 0.105. The third-order valence-corrected chi connectivity index (χ3v) is 4.33. The van der Waals surface area contributed by atoms with Gasteiger partial charge in [-0.1, -0.05) is 30.3 Å². The number of nitrogens with zero attached hydrogens (tertiary/aromatic N) is 3. The fourth-order valence-electron chi connectivity index (χ4n) is 3.17. The molecular formula is C21H19N3O2. The monoisotopic (exact) mass is 345 g/mol. The fourth-order valence-corrected chi connectivity index (χ4v) is 3.17. The predicted molar refractivity (Wildman–Crippen MR) is 99.8 cm³/mol. The average molecular weight is 345 g/mol. The van der Waals surface area contributed by atoms with Crippen LogP contribution in [0.2, 0.25) is 0 Å². The minimum Gasteiger partial charge on any atom is -0.487 e. The fraction of sp³-hybridized carbons (Fsp3) is 0.190. The maximum atomic E-state index is 13.2. The second-order valence-corrected chi connectivity index (χ2v) is 6.97. The lowest BCUT2D eigenvalue weighted by Gasteiger charge is -2.16. The number of carbonyl (C=O) groups is 1. The van der Waals surface area contributed by atoms with Crippen molar-refractivity contribution < 1.29 is 9.53 Å². The Kier molecular flexibility index (Phi) is 3.92. The van der Waals surface area contributed by atoms with Crippen molar-refractivity contribution in [2.24, 2.45) is 0 Å². The summed E-state index contributed by atoms with van der Waals surface area (Å²) < 4.78 is 7.41. The van der Waals surface area contributed by atoms with Crippen LogP contribution in [0.4, 0.5) is 0 Å². The molecule has 130 valence electrons. The van der Waals surface area contributed by atoms with Crippen molar-refractivity contribution in [2.75, 3.05) is 0 Å². The van der Waals surface area contributed by atoms with Crippen molar-refractivity contribution in [3.8, 4) is 5.75 Å². The quantitative estimate of drug-likeness (QED) is 0.532. The molecule has 0 saturated heterocycles. The summed E-state index contributed by atoms with van der Waals surface area (Å²) in [7, 11) is 0. The van der Waals surface area contributed by atoms with Crippen LogP contribution in [0.15, 0.2) is 61.2 Å². The number of hydrogen-bond acceptors (Lipinski definition) is 4. The summed E-state index contributed by atoms with van der Waals surface area (Å²) in [5.41, 5.74) is 2.81. The molecule has 2 aromatic carbocycles. The molecule has 0 radical (unpaired) electrons. The van der Waals surface area contributed by atoms with E-state index in [1.165, 1.54) is 17.3 Å². The molecule has 0 saturated carbocycles. The largest absolute Gasteiger partial charge is 0.487 e. The first-order valence-electron chi connectivity index (χ1n) is 8.50. The van der Waals surface area contributed by atoms with Crippen molar-refractivity contribution in [2.45, 2.75) is 25.9 Å². The highest BCUT2D eigenvalue weighted by Crippen LogP contribution is 2.35. The Morgan fingerprint density at radius 2 is 2.00 bits per heavy atom. The number of Topliss-reactive ketones (excluding diaryl/α,β-unsaturated/α-hetero) is 1. The van der Waals surface area contributed by atoms with Gasteiger partial charge in [-0.05, 0) is 49.2 Å². The number of allylic oxidation sites excluding steroid dienone is 1. The summed E-state index contributed by atoms with van der Waals surface area (Å²) in [6, 6.07) is 15.3. The Bertz CT molecular complexity index is 974. The number of carbonyl (C=O) groups excluding carboxylic acids is 1. The molecule has 3 aromatic rings. The highest BCUT2D eigenvalue weighted by Gasteiger charge is 2.30. The van der Waals surface area contributed by atoms with E-state index >= 15 is 0 Å². The standard InChI is InChI=1S/C21H19N3O2/c1-21(2)12-17-11-16(8-9-19(17)26-21)20(25)18(24-14-22-13-23-24)10-15-6-4-3-5-7-15/h3-11,13-14H,12H2,1-2H3/b18-10-. The van der Waals surface area contributed by atoms with E-state index in [1.807, 2.05) is 62.4 Å². The van der Waals surface area contributed by atoms with Gasteiger partial charge in [0.25, 0.3) is 0 Å². The molecular weight excluding hydrogens is 326 g/mol. The number of aromatic nitrogens is 3. The summed E-state index contributed by atoms with van der Waals surface area (Å²) in [5.74, 6) is 0.743. The molecule has 0 N–H and O–H groups in total.